The molecule has 2 aliphatic rings. The summed E-state index contributed by atoms with van der Waals surface area (Å²) in [5, 5.41) is 3.52. The molecule has 1 aliphatic carbocycles. The minimum Gasteiger partial charge on any atom is -0.342 e. The van der Waals surface area contributed by atoms with Gasteiger partial charge in [-0.3, -0.25) is 4.79 Å². The van der Waals surface area contributed by atoms with E-state index >= 15 is 0 Å². The second-order valence-electron chi connectivity index (χ2n) is 7.34. The monoisotopic (exact) mass is 338 g/mol. The van der Waals surface area contributed by atoms with Crippen LogP contribution in [0, 0.1) is 5.41 Å². The molecule has 1 aromatic heterocycles. The number of fused-ring (bicyclic) bond motifs is 1. The van der Waals surface area contributed by atoms with Crippen molar-refractivity contribution in [3.8, 4) is 0 Å². The van der Waals surface area contributed by atoms with Gasteiger partial charge in [-0.2, -0.15) is 0 Å². The molecule has 4 heteroatoms. The maximum absolute atomic E-state index is 13.1. The van der Waals surface area contributed by atoms with Gasteiger partial charge in [0.25, 0.3) is 0 Å². The fourth-order valence-corrected chi connectivity index (χ4v) is 5.29. The van der Waals surface area contributed by atoms with Crippen molar-refractivity contribution in [3.05, 3.63) is 57.6 Å². The lowest BCUT2D eigenvalue weighted by atomic mass is 9.61. The van der Waals surface area contributed by atoms with E-state index in [4.69, 9.17) is 0 Å². The molecular weight excluding hydrogens is 316 g/mol. The van der Waals surface area contributed by atoms with Gasteiger partial charge in [0, 0.05) is 23.1 Å². The summed E-state index contributed by atoms with van der Waals surface area (Å²) in [6.45, 7) is 6.64. The molecule has 2 heterocycles. The first-order valence-electron chi connectivity index (χ1n) is 8.55. The van der Waals surface area contributed by atoms with Crippen LogP contribution in [0.15, 0.2) is 47.1 Å². The predicted octanol–water partition coefficient (Wildman–Crippen LogP) is 4.91. The van der Waals surface area contributed by atoms with Crippen molar-refractivity contribution in [1.82, 2.24) is 4.98 Å². The molecule has 24 heavy (non-hydrogen) atoms. The molecule has 1 aliphatic heterocycles. The number of benzene rings is 1. The number of rotatable bonds is 2. The summed E-state index contributed by atoms with van der Waals surface area (Å²) in [6, 6.07) is 10.5. The van der Waals surface area contributed by atoms with Crippen molar-refractivity contribution >= 4 is 22.9 Å². The SMILES string of the molecule is CCC1(c2ccccc2)C2=C(Nc3ncsc31)C(C)(C)CCC2=O. The van der Waals surface area contributed by atoms with Gasteiger partial charge in [0.2, 0.25) is 0 Å². The van der Waals surface area contributed by atoms with Crippen molar-refractivity contribution in [2.75, 3.05) is 5.32 Å². The van der Waals surface area contributed by atoms with Gasteiger partial charge in [-0.25, -0.2) is 4.98 Å². The van der Waals surface area contributed by atoms with Gasteiger partial charge in [0.05, 0.1) is 15.8 Å². The van der Waals surface area contributed by atoms with Crippen LogP contribution in [-0.2, 0) is 10.2 Å². The topological polar surface area (TPSA) is 42.0 Å². The third kappa shape index (κ3) is 1.95. The molecule has 4 rings (SSSR count). The minimum atomic E-state index is -0.382. The van der Waals surface area contributed by atoms with Crippen molar-refractivity contribution in [3.63, 3.8) is 0 Å². The molecule has 1 unspecified atom stereocenters. The second-order valence-corrected chi connectivity index (χ2v) is 8.19. The highest BCUT2D eigenvalue weighted by Gasteiger charge is 2.51. The molecule has 1 N–H and O–H groups in total. The van der Waals surface area contributed by atoms with Gasteiger partial charge in [-0.05, 0) is 18.4 Å². The highest BCUT2D eigenvalue weighted by molar-refractivity contribution is 7.10. The Labute approximate surface area is 146 Å². The Bertz CT molecular complexity index is 834. The number of allylic oxidation sites excluding steroid dienone is 2. The smallest absolute Gasteiger partial charge is 0.161 e. The first-order valence-corrected chi connectivity index (χ1v) is 9.43. The fraction of sp³-hybridized carbons (Fsp3) is 0.400. The van der Waals surface area contributed by atoms with E-state index < -0.39 is 0 Å². The quantitative estimate of drug-likeness (QED) is 0.846. The summed E-state index contributed by atoms with van der Waals surface area (Å²) in [6.07, 6.45) is 2.36. The Hall–Kier alpha value is -1.94. The van der Waals surface area contributed by atoms with E-state index in [-0.39, 0.29) is 16.6 Å². The van der Waals surface area contributed by atoms with Gasteiger partial charge >= 0.3 is 0 Å². The van der Waals surface area contributed by atoms with E-state index in [0.29, 0.717) is 6.42 Å². The summed E-state index contributed by atoms with van der Waals surface area (Å²) in [7, 11) is 0. The molecule has 0 spiro atoms. The Kier molecular flexibility index (Phi) is 3.43. The highest BCUT2D eigenvalue weighted by Crippen LogP contribution is 2.56. The van der Waals surface area contributed by atoms with E-state index in [1.807, 2.05) is 11.6 Å². The van der Waals surface area contributed by atoms with Crippen LogP contribution in [0.4, 0.5) is 5.82 Å². The van der Waals surface area contributed by atoms with Crippen LogP contribution in [0.5, 0.6) is 0 Å². The van der Waals surface area contributed by atoms with Gasteiger partial charge < -0.3 is 5.32 Å². The van der Waals surface area contributed by atoms with Gasteiger partial charge in [0.1, 0.15) is 5.82 Å². The van der Waals surface area contributed by atoms with E-state index in [0.717, 1.165) is 29.9 Å². The van der Waals surface area contributed by atoms with Crippen LogP contribution >= 0.6 is 11.3 Å². The van der Waals surface area contributed by atoms with Crippen LogP contribution in [0.1, 0.15) is 50.5 Å². The molecule has 0 amide bonds. The number of hydrogen-bond acceptors (Lipinski definition) is 4. The molecule has 3 nitrogen and oxygen atoms in total. The fourth-order valence-electron chi connectivity index (χ4n) is 4.25. The summed E-state index contributed by atoms with van der Waals surface area (Å²) >= 11 is 1.65. The Balaban J connectivity index is 2.09. The molecule has 0 saturated heterocycles. The average molecular weight is 338 g/mol. The van der Waals surface area contributed by atoms with Crippen LogP contribution in [-0.4, -0.2) is 10.8 Å². The van der Waals surface area contributed by atoms with E-state index in [2.05, 4.69) is 55.3 Å². The molecule has 1 aromatic carbocycles. The van der Waals surface area contributed by atoms with Crippen LogP contribution in [0.3, 0.4) is 0 Å². The zero-order chi connectivity index (χ0) is 16.9. The normalized spacial score (nSPS) is 25.0. The molecule has 0 saturated carbocycles. The molecular formula is C20H22N2OS. The summed E-state index contributed by atoms with van der Waals surface area (Å²) in [4.78, 5) is 18.8. The van der Waals surface area contributed by atoms with Crippen molar-refractivity contribution < 1.29 is 4.79 Å². The molecule has 0 bridgehead atoms. The number of aromatic nitrogens is 1. The summed E-state index contributed by atoms with van der Waals surface area (Å²) < 4.78 is 0. The lowest BCUT2D eigenvalue weighted by Gasteiger charge is -2.46. The number of carbonyl (C=O) groups is 1. The largest absolute Gasteiger partial charge is 0.342 e. The minimum absolute atomic E-state index is 0.0419. The maximum atomic E-state index is 13.1. The zero-order valence-electron chi connectivity index (χ0n) is 14.3. The molecule has 1 atom stereocenters. The number of carbonyl (C=O) groups excluding carboxylic acids is 1. The number of Topliss-reactive ketones (excluding diaryl/α,β-unsaturated/α-hetero) is 1. The van der Waals surface area contributed by atoms with Gasteiger partial charge in [-0.1, -0.05) is 51.1 Å². The lowest BCUT2D eigenvalue weighted by Crippen LogP contribution is -2.44. The van der Waals surface area contributed by atoms with Crippen molar-refractivity contribution in [2.45, 2.75) is 45.4 Å². The van der Waals surface area contributed by atoms with Crippen molar-refractivity contribution in [1.29, 1.82) is 0 Å². The predicted molar refractivity (Wildman–Crippen MR) is 98.3 cm³/mol. The molecule has 0 radical (unpaired) electrons. The number of nitrogens with zero attached hydrogens (tertiary/aromatic N) is 1. The third-order valence-corrected chi connectivity index (χ3v) is 6.59. The van der Waals surface area contributed by atoms with Gasteiger partial charge in [0.15, 0.2) is 5.78 Å². The van der Waals surface area contributed by atoms with E-state index in [1.54, 1.807) is 11.3 Å². The average Bonchev–Trinajstić information content (AvgIpc) is 3.06. The number of ketones is 1. The molecule has 0 fully saturated rings. The van der Waals surface area contributed by atoms with E-state index in [1.165, 1.54) is 10.4 Å². The van der Waals surface area contributed by atoms with Crippen molar-refractivity contribution in [2.24, 2.45) is 5.41 Å². The zero-order valence-corrected chi connectivity index (χ0v) is 15.2. The standard InChI is InChI=1S/C20H22N2OS/c1-4-20(13-8-6-5-7-9-13)15-14(23)10-11-19(2,3)16(15)22-18-17(20)24-12-21-18/h5-9,12,22H,4,10-11H2,1-3H3. The van der Waals surface area contributed by atoms with Crippen LogP contribution in [0.2, 0.25) is 0 Å². The Morgan fingerprint density at radius 2 is 2.00 bits per heavy atom. The van der Waals surface area contributed by atoms with Gasteiger partial charge in [-0.15, -0.1) is 11.3 Å². The Morgan fingerprint density at radius 1 is 1.25 bits per heavy atom. The third-order valence-electron chi connectivity index (χ3n) is 5.60. The summed E-state index contributed by atoms with van der Waals surface area (Å²) in [5.41, 5.74) is 4.69. The second kappa shape index (κ2) is 5.28. The highest BCUT2D eigenvalue weighted by atomic mass is 32.1. The number of nitrogens with one attached hydrogen (secondary N) is 1. The number of hydrogen-bond donors (Lipinski definition) is 1. The molecule has 2 aromatic rings. The van der Waals surface area contributed by atoms with Crippen LogP contribution in [0.25, 0.3) is 0 Å². The first-order chi connectivity index (χ1) is 11.5. The van der Waals surface area contributed by atoms with Crippen LogP contribution < -0.4 is 5.32 Å². The summed E-state index contributed by atoms with van der Waals surface area (Å²) in [5.74, 6) is 1.20. The lowest BCUT2D eigenvalue weighted by molar-refractivity contribution is -0.117. The maximum Gasteiger partial charge on any atom is 0.161 e. The number of thiazole rings is 1. The number of anilines is 1. The first kappa shape index (κ1) is 15.6. The molecule has 124 valence electrons. The Morgan fingerprint density at radius 3 is 2.71 bits per heavy atom. The van der Waals surface area contributed by atoms with E-state index in [9.17, 15) is 4.79 Å².